The smallest absolute Gasteiger partial charge is 0.429 e. The van der Waals surface area contributed by atoms with E-state index in [4.69, 9.17) is 25.5 Å². The fourth-order valence-corrected chi connectivity index (χ4v) is 5.54. The van der Waals surface area contributed by atoms with Crippen LogP contribution < -0.4 is 5.01 Å². The minimum absolute atomic E-state index is 0.0454. The lowest BCUT2D eigenvalue weighted by Crippen LogP contribution is -2.52. The van der Waals surface area contributed by atoms with Gasteiger partial charge in [0.15, 0.2) is 8.32 Å². The van der Waals surface area contributed by atoms with Gasteiger partial charge in [-0.05, 0) is 93.2 Å². The Morgan fingerprint density at radius 1 is 1.02 bits per heavy atom. The van der Waals surface area contributed by atoms with E-state index in [0.717, 1.165) is 28.8 Å². The van der Waals surface area contributed by atoms with Crippen LogP contribution in [0.15, 0.2) is 42.5 Å². The summed E-state index contributed by atoms with van der Waals surface area (Å²) in [4.78, 5) is 25.8. The first-order valence-electron chi connectivity index (χ1n) is 14.3. The number of ether oxygens (including phenoxy) is 2. The molecule has 0 heterocycles. The number of anilines is 1. The van der Waals surface area contributed by atoms with Crippen molar-refractivity contribution < 1.29 is 23.5 Å². The maximum absolute atomic E-state index is 13.9. The molecule has 0 radical (unpaired) electrons. The van der Waals surface area contributed by atoms with Crippen LogP contribution in [0, 0.1) is 6.92 Å². The van der Waals surface area contributed by atoms with Crippen LogP contribution >= 0.6 is 11.6 Å². The number of methoxy groups -OCH3 is 1. The van der Waals surface area contributed by atoms with E-state index in [2.05, 4.69) is 40.8 Å². The second-order valence-electron chi connectivity index (χ2n) is 13.0. The van der Waals surface area contributed by atoms with Crippen molar-refractivity contribution in [2.24, 2.45) is 0 Å². The van der Waals surface area contributed by atoms with Crippen LogP contribution in [0.25, 0.3) is 0 Å². The minimum Gasteiger partial charge on any atom is -0.469 e. The second-order valence-corrected chi connectivity index (χ2v) is 18.2. The molecule has 2 aromatic carbocycles. The molecule has 2 rings (SSSR count). The van der Waals surface area contributed by atoms with E-state index in [1.807, 2.05) is 75.2 Å². The normalized spacial score (nSPS) is 13.0. The molecule has 1 atom stereocenters. The third-order valence-electron chi connectivity index (χ3n) is 7.32. The van der Waals surface area contributed by atoms with Crippen molar-refractivity contribution in [2.45, 2.75) is 98.1 Å². The van der Waals surface area contributed by atoms with E-state index in [1.54, 1.807) is 5.01 Å². The highest BCUT2D eigenvalue weighted by Crippen LogP contribution is 2.40. The summed E-state index contributed by atoms with van der Waals surface area (Å²) in [5.74, 6) is -0.297. The molecular weight excluding hydrogens is 556 g/mol. The number of rotatable bonds is 11. The first-order chi connectivity index (χ1) is 18.9. The molecule has 7 nitrogen and oxygen atoms in total. The van der Waals surface area contributed by atoms with Gasteiger partial charge in [0.2, 0.25) is 0 Å². The second kappa shape index (κ2) is 14.1. The number of carbonyl (C=O) groups is 2. The third-order valence-corrected chi connectivity index (χ3v) is 12.0. The summed E-state index contributed by atoms with van der Waals surface area (Å²) in [5, 5.41) is 4.17. The van der Waals surface area contributed by atoms with Gasteiger partial charge in [-0.1, -0.05) is 57.5 Å². The maximum atomic E-state index is 13.9. The molecule has 0 aliphatic rings. The van der Waals surface area contributed by atoms with Crippen LogP contribution in [-0.2, 0) is 25.1 Å². The van der Waals surface area contributed by atoms with Gasteiger partial charge in [0, 0.05) is 11.6 Å². The van der Waals surface area contributed by atoms with E-state index in [-0.39, 0.29) is 24.0 Å². The monoisotopic (exact) mass is 604 g/mol. The molecule has 41 heavy (non-hydrogen) atoms. The molecule has 228 valence electrons. The van der Waals surface area contributed by atoms with Gasteiger partial charge in [-0.3, -0.25) is 9.80 Å². The maximum Gasteiger partial charge on any atom is 0.429 e. The highest BCUT2D eigenvalue weighted by Gasteiger charge is 2.41. The van der Waals surface area contributed by atoms with Gasteiger partial charge in [0.25, 0.3) is 0 Å². The Kier molecular flexibility index (Phi) is 11.9. The Morgan fingerprint density at radius 2 is 1.68 bits per heavy atom. The molecule has 9 heteroatoms. The Hall–Kier alpha value is -2.55. The van der Waals surface area contributed by atoms with Gasteiger partial charge in [-0.15, -0.1) is 0 Å². The molecule has 0 spiro atoms. The van der Waals surface area contributed by atoms with Gasteiger partial charge in [0.1, 0.15) is 5.60 Å². The number of benzene rings is 2. The lowest BCUT2D eigenvalue weighted by atomic mass is 10.0. The van der Waals surface area contributed by atoms with Gasteiger partial charge in [0.05, 0.1) is 31.9 Å². The topological polar surface area (TPSA) is 68.3 Å². The summed E-state index contributed by atoms with van der Waals surface area (Å²) in [6, 6.07) is 13.5. The standard InChI is InChI=1S/C32H49ClN2O5Si/c1-12-18-34(27-17-16-24(23(2)19-27)21-29(36)38-9)35(30(37)39-31(3,4)5)22-28(25-14-13-15-26(33)20-25)40-41(10,11)32(6,7)8/h13-17,19-20,28H,12,18,21-22H2,1-11H3/t28-/m0/s1. The summed E-state index contributed by atoms with van der Waals surface area (Å²) < 4.78 is 17.8. The van der Waals surface area contributed by atoms with Crippen molar-refractivity contribution >= 4 is 37.7 Å². The van der Waals surface area contributed by atoms with E-state index in [9.17, 15) is 9.59 Å². The highest BCUT2D eigenvalue weighted by atomic mass is 35.5. The van der Waals surface area contributed by atoms with E-state index in [0.29, 0.717) is 11.6 Å². The Labute approximate surface area is 253 Å². The zero-order valence-corrected chi connectivity index (χ0v) is 28.5. The molecule has 2 aromatic rings. The number of esters is 1. The lowest BCUT2D eigenvalue weighted by Gasteiger charge is -2.43. The Morgan fingerprint density at radius 3 is 2.20 bits per heavy atom. The van der Waals surface area contributed by atoms with E-state index < -0.39 is 26.1 Å². The lowest BCUT2D eigenvalue weighted by molar-refractivity contribution is -0.139. The first kappa shape index (κ1) is 34.6. The molecule has 1 amide bonds. The Bertz CT molecular complexity index is 1190. The molecule has 0 unspecified atom stereocenters. The number of nitrogens with zero attached hydrogens (tertiary/aromatic N) is 2. The van der Waals surface area contributed by atoms with Crippen LogP contribution in [0.1, 0.15) is 77.7 Å². The predicted molar refractivity (Wildman–Crippen MR) is 170 cm³/mol. The summed E-state index contributed by atoms with van der Waals surface area (Å²) in [7, 11) is -0.884. The summed E-state index contributed by atoms with van der Waals surface area (Å²) in [6.45, 7) is 21.4. The first-order valence-corrected chi connectivity index (χ1v) is 17.5. The number of halogens is 1. The quantitative estimate of drug-likeness (QED) is 0.145. The van der Waals surface area contributed by atoms with Crippen molar-refractivity contribution in [1.82, 2.24) is 5.01 Å². The number of carbonyl (C=O) groups excluding carboxylic acids is 2. The largest absolute Gasteiger partial charge is 0.469 e. The van der Waals surface area contributed by atoms with Crippen LogP contribution in [0.2, 0.25) is 23.2 Å². The molecule has 0 aromatic heterocycles. The van der Waals surface area contributed by atoms with Gasteiger partial charge in [-0.2, -0.15) is 0 Å². The van der Waals surface area contributed by atoms with Crippen LogP contribution in [0.4, 0.5) is 10.5 Å². The van der Waals surface area contributed by atoms with E-state index >= 15 is 0 Å². The summed E-state index contributed by atoms with van der Waals surface area (Å²) in [6.07, 6.45) is 0.0607. The van der Waals surface area contributed by atoms with Crippen LogP contribution in [0.5, 0.6) is 0 Å². The van der Waals surface area contributed by atoms with Gasteiger partial charge >= 0.3 is 12.1 Å². The average Bonchev–Trinajstić information content (AvgIpc) is 2.84. The van der Waals surface area contributed by atoms with Crippen molar-refractivity contribution in [3.63, 3.8) is 0 Å². The van der Waals surface area contributed by atoms with Crippen molar-refractivity contribution in [3.05, 3.63) is 64.2 Å². The van der Waals surface area contributed by atoms with Crippen LogP contribution in [-0.4, -0.2) is 51.2 Å². The molecule has 0 aliphatic carbocycles. The van der Waals surface area contributed by atoms with Gasteiger partial charge in [-0.25, -0.2) is 9.80 Å². The molecule has 0 N–H and O–H groups in total. The molecule has 0 saturated heterocycles. The molecule has 0 fully saturated rings. The summed E-state index contributed by atoms with van der Waals surface area (Å²) in [5.41, 5.74) is 2.83. The van der Waals surface area contributed by atoms with Crippen molar-refractivity contribution in [3.8, 4) is 0 Å². The zero-order valence-electron chi connectivity index (χ0n) is 26.8. The molecular formula is C32H49ClN2O5Si. The molecule has 0 saturated carbocycles. The number of hydrogen-bond acceptors (Lipinski definition) is 6. The van der Waals surface area contributed by atoms with Crippen molar-refractivity contribution in [2.75, 3.05) is 25.2 Å². The fraction of sp³-hybridized carbons (Fsp3) is 0.562. The average molecular weight is 605 g/mol. The molecule has 0 bridgehead atoms. The van der Waals surface area contributed by atoms with E-state index in [1.165, 1.54) is 7.11 Å². The fourth-order valence-electron chi connectivity index (χ4n) is 4.06. The number of hydrazine groups is 1. The number of hydrogen-bond donors (Lipinski definition) is 0. The highest BCUT2D eigenvalue weighted by molar-refractivity contribution is 6.74. The minimum atomic E-state index is -2.27. The summed E-state index contributed by atoms with van der Waals surface area (Å²) >= 11 is 6.43. The third kappa shape index (κ3) is 10.0. The zero-order chi connectivity index (χ0) is 31.2. The Balaban J connectivity index is 2.64. The van der Waals surface area contributed by atoms with Gasteiger partial charge < -0.3 is 13.9 Å². The van der Waals surface area contributed by atoms with Crippen LogP contribution in [0.3, 0.4) is 0 Å². The molecule has 0 aliphatic heterocycles. The van der Waals surface area contributed by atoms with Crippen molar-refractivity contribution in [1.29, 1.82) is 0 Å². The predicted octanol–water partition coefficient (Wildman–Crippen LogP) is 8.50. The SMILES string of the molecule is CCCN(c1ccc(CC(=O)OC)c(C)c1)N(C[C@H](O[Si](C)(C)C(C)(C)C)c1cccc(Cl)c1)C(=O)OC(C)(C)C. The number of aryl methyl sites for hydroxylation is 1. The number of amides is 1.